The van der Waals surface area contributed by atoms with Gasteiger partial charge >= 0.3 is 5.97 Å². The minimum atomic E-state index is -0.530. The third-order valence-electron chi connectivity index (χ3n) is 6.08. The van der Waals surface area contributed by atoms with Crippen LogP contribution in [0.2, 0.25) is 5.02 Å². The van der Waals surface area contributed by atoms with Crippen LogP contribution in [-0.4, -0.2) is 53.0 Å². The number of fused-ring (bicyclic) bond motifs is 1. The van der Waals surface area contributed by atoms with E-state index in [0.717, 1.165) is 17.7 Å². The van der Waals surface area contributed by atoms with Crippen molar-refractivity contribution in [1.82, 2.24) is 9.80 Å². The first-order valence-corrected chi connectivity index (χ1v) is 11.9. The van der Waals surface area contributed by atoms with Crippen LogP contribution in [0, 0.1) is 5.92 Å². The lowest BCUT2D eigenvalue weighted by Crippen LogP contribution is -2.45. The maximum absolute atomic E-state index is 13.2. The number of carbonyl (C=O) groups is 3. The normalized spacial score (nSPS) is 22.5. The van der Waals surface area contributed by atoms with E-state index in [0.29, 0.717) is 41.0 Å². The molecule has 1 aromatic rings. The third kappa shape index (κ3) is 4.65. The quantitative estimate of drug-likeness (QED) is 0.638. The fourth-order valence-electron chi connectivity index (χ4n) is 4.44. The summed E-state index contributed by atoms with van der Waals surface area (Å²) >= 11 is 7.67. The molecule has 8 nitrogen and oxygen atoms in total. The summed E-state index contributed by atoms with van der Waals surface area (Å²) < 4.78 is 5.07. The van der Waals surface area contributed by atoms with Crippen LogP contribution >= 0.6 is 23.4 Å². The number of carbonyl (C=O) groups excluding carboxylic acids is 3. The molecule has 1 aromatic carbocycles. The summed E-state index contributed by atoms with van der Waals surface area (Å²) in [5, 5.41) is 3.11. The molecule has 0 bridgehead atoms. The molecule has 1 saturated heterocycles. The Kier molecular flexibility index (Phi) is 6.81. The third-order valence-corrected chi connectivity index (χ3v) is 7.20. The van der Waals surface area contributed by atoms with Crippen LogP contribution < -0.4 is 5.73 Å². The van der Waals surface area contributed by atoms with Gasteiger partial charge in [-0.3, -0.25) is 9.59 Å². The van der Waals surface area contributed by atoms with E-state index < -0.39 is 12.0 Å². The number of amides is 2. The van der Waals surface area contributed by atoms with Gasteiger partial charge in [0.25, 0.3) is 0 Å². The molecule has 0 unspecified atom stereocenters. The second-order valence-corrected chi connectivity index (χ2v) is 9.47. The molecule has 2 atom stereocenters. The van der Waals surface area contributed by atoms with Crippen molar-refractivity contribution in [3.63, 3.8) is 0 Å². The van der Waals surface area contributed by atoms with Gasteiger partial charge in [0.15, 0.2) is 5.17 Å². The van der Waals surface area contributed by atoms with Crippen molar-refractivity contribution >= 4 is 46.3 Å². The van der Waals surface area contributed by atoms with Crippen LogP contribution in [0.5, 0.6) is 0 Å². The van der Waals surface area contributed by atoms with Crippen molar-refractivity contribution in [2.24, 2.45) is 16.6 Å². The van der Waals surface area contributed by atoms with E-state index >= 15 is 0 Å². The summed E-state index contributed by atoms with van der Waals surface area (Å²) in [6.07, 6.45) is 1.55. The number of piperidine rings is 1. The second-order valence-electron chi connectivity index (χ2n) is 8.20. The lowest BCUT2D eigenvalue weighted by atomic mass is 9.93. The maximum atomic E-state index is 13.2. The molecule has 1 fully saturated rings. The van der Waals surface area contributed by atoms with Crippen molar-refractivity contribution in [1.29, 1.82) is 0 Å². The monoisotopic (exact) mass is 488 g/mol. The SMILES string of the molecule is COC(=O)C1=C(C)N=C2SC=C(CC(=O)N3CCC[C@H](C(N)=O)C3)N2[C@@H]1c1cccc(Cl)c1. The predicted molar refractivity (Wildman–Crippen MR) is 127 cm³/mol. The standard InChI is InChI=1S/C23H25ClN4O4S/c1-13-19(22(31)32-2)20(14-5-3-7-16(24)9-14)28-17(12-33-23(28)26-13)10-18(29)27-8-4-6-15(11-27)21(25)30/h3,5,7,9,12,15,20H,4,6,8,10-11H2,1-2H3,(H2,25,30)/t15-,20+/m0/s1. The number of hydrogen-bond donors (Lipinski definition) is 1. The minimum Gasteiger partial charge on any atom is -0.466 e. The number of ether oxygens (including phenoxy) is 1. The smallest absolute Gasteiger partial charge is 0.338 e. The molecular weight excluding hydrogens is 464 g/mol. The Morgan fingerprint density at radius 3 is 2.82 bits per heavy atom. The number of hydrogen-bond acceptors (Lipinski definition) is 7. The van der Waals surface area contributed by atoms with E-state index in [4.69, 9.17) is 22.1 Å². The molecule has 0 saturated carbocycles. The van der Waals surface area contributed by atoms with Crippen molar-refractivity contribution in [3.05, 3.63) is 57.2 Å². The number of allylic oxidation sites excluding steroid dienone is 1. The van der Waals surface area contributed by atoms with Gasteiger partial charge in [-0.1, -0.05) is 35.5 Å². The Bertz CT molecular complexity index is 1100. The van der Waals surface area contributed by atoms with E-state index in [1.54, 1.807) is 24.0 Å². The number of thioether (sulfide) groups is 1. The molecule has 3 aliphatic rings. The summed E-state index contributed by atoms with van der Waals surface area (Å²) in [5.41, 5.74) is 7.95. The number of primary amides is 1. The Hall–Kier alpha value is -2.78. The number of benzene rings is 1. The van der Waals surface area contributed by atoms with Crippen LogP contribution in [0.1, 0.15) is 37.8 Å². The zero-order valence-electron chi connectivity index (χ0n) is 18.4. The van der Waals surface area contributed by atoms with E-state index in [2.05, 4.69) is 4.99 Å². The van der Waals surface area contributed by atoms with Gasteiger partial charge in [-0.05, 0) is 42.9 Å². The highest BCUT2D eigenvalue weighted by Gasteiger charge is 2.41. The number of methoxy groups -OCH3 is 1. The minimum absolute atomic E-state index is 0.0928. The number of nitrogens with zero attached hydrogens (tertiary/aromatic N) is 3. The highest BCUT2D eigenvalue weighted by molar-refractivity contribution is 8.16. The summed E-state index contributed by atoms with van der Waals surface area (Å²) in [5.74, 6) is -1.27. The summed E-state index contributed by atoms with van der Waals surface area (Å²) in [6, 6.07) is 6.75. The molecule has 0 spiro atoms. The summed E-state index contributed by atoms with van der Waals surface area (Å²) in [6.45, 7) is 2.70. The number of halogens is 1. The molecule has 0 radical (unpaired) electrons. The average molecular weight is 489 g/mol. The first kappa shape index (κ1) is 23.4. The summed E-state index contributed by atoms with van der Waals surface area (Å²) in [4.78, 5) is 45.8. The first-order valence-electron chi connectivity index (χ1n) is 10.7. The molecule has 3 aliphatic heterocycles. The van der Waals surface area contributed by atoms with Crippen LogP contribution in [-0.2, 0) is 19.1 Å². The number of likely N-dealkylation sites (tertiary alicyclic amines) is 1. The van der Waals surface area contributed by atoms with Gasteiger partial charge in [0, 0.05) is 23.8 Å². The zero-order chi connectivity index (χ0) is 23.7. The molecule has 3 heterocycles. The molecule has 0 aliphatic carbocycles. The molecule has 10 heteroatoms. The fourth-order valence-corrected chi connectivity index (χ4v) is 5.60. The van der Waals surface area contributed by atoms with Gasteiger partial charge in [0.05, 0.1) is 36.8 Å². The Morgan fingerprint density at radius 2 is 2.12 bits per heavy atom. The molecule has 0 aromatic heterocycles. The predicted octanol–water partition coefficient (Wildman–Crippen LogP) is 3.20. The fraction of sp³-hybridized carbons (Fsp3) is 0.391. The zero-order valence-corrected chi connectivity index (χ0v) is 20.0. The van der Waals surface area contributed by atoms with Crippen molar-refractivity contribution in [3.8, 4) is 0 Å². The van der Waals surface area contributed by atoms with Crippen LogP contribution in [0.4, 0.5) is 0 Å². The largest absolute Gasteiger partial charge is 0.466 e. The van der Waals surface area contributed by atoms with Gasteiger partial charge in [0.2, 0.25) is 11.8 Å². The second kappa shape index (κ2) is 9.61. The van der Waals surface area contributed by atoms with Crippen molar-refractivity contribution < 1.29 is 19.1 Å². The van der Waals surface area contributed by atoms with Gasteiger partial charge in [-0.2, -0.15) is 0 Å². The highest BCUT2D eigenvalue weighted by Crippen LogP contribution is 2.45. The van der Waals surface area contributed by atoms with E-state index in [9.17, 15) is 14.4 Å². The number of esters is 1. The maximum Gasteiger partial charge on any atom is 0.338 e. The first-order chi connectivity index (χ1) is 15.8. The van der Waals surface area contributed by atoms with Gasteiger partial charge in [-0.25, -0.2) is 9.79 Å². The molecule has 2 amide bonds. The van der Waals surface area contributed by atoms with Crippen LogP contribution in [0.25, 0.3) is 0 Å². The Morgan fingerprint density at radius 1 is 1.33 bits per heavy atom. The number of rotatable bonds is 5. The van der Waals surface area contributed by atoms with E-state index in [-0.39, 0.29) is 24.2 Å². The molecule has 174 valence electrons. The van der Waals surface area contributed by atoms with Crippen molar-refractivity contribution in [2.75, 3.05) is 20.2 Å². The van der Waals surface area contributed by atoms with E-state index in [1.165, 1.54) is 18.9 Å². The van der Waals surface area contributed by atoms with Crippen LogP contribution in [0.3, 0.4) is 0 Å². The molecule has 4 rings (SSSR count). The number of nitrogens with two attached hydrogens (primary N) is 1. The van der Waals surface area contributed by atoms with Crippen LogP contribution in [0.15, 0.2) is 51.6 Å². The lowest BCUT2D eigenvalue weighted by Gasteiger charge is -2.37. The van der Waals surface area contributed by atoms with E-state index in [1.807, 2.05) is 22.4 Å². The van der Waals surface area contributed by atoms with Gasteiger partial charge < -0.3 is 20.3 Å². The molecular formula is C23H25ClN4O4S. The Balaban J connectivity index is 1.65. The summed E-state index contributed by atoms with van der Waals surface area (Å²) in [7, 11) is 1.33. The highest BCUT2D eigenvalue weighted by atomic mass is 35.5. The number of aliphatic imine (C=N–C) groups is 1. The van der Waals surface area contributed by atoms with Gasteiger partial charge in [0.1, 0.15) is 0 Å². The average Bonchev–Trinajstić information content (AvgIpc) is 3.19. The van der Waals surface area contributed by atoms with Crippen molar-refractivity contribution in [2.45, 2.75) is 32.2 Å². The topological polar surface area (TPSA) is 105 Å². The van der Waals surface area contributed by atoms with Gasteiger partial charge in [-0.15, -0.1) is 0 Å². The molecule has 2 N–H and O–H groups in total. The lowest BCUT2D eigenvalue weighted by molar-refractivity contribution is -0.137. The number of amidine groups is 1. The molecule has 33 heavy (non-hydrogen) atoms. The Labute approximate surface area is 201 Å².